The Morgan fingerprint density at radius 1 is 1.18 bits per heavy atom. The van der Waals surface area contributed by atoms with Crippen LogP contribution in [-0.2, 0) is 13.0 Å². The highest BCUT2D eigenvalue weighted by atomic mass is 35.5. The molecule has 2 aliphatic rings. The number of nitrogens with two attached hydrogens (primary N) is 1. The number of fused-ring (bicyclic) bond motifs is 2. The molecule has 0 spiro atoms. The van der Waals surface area contributed by atoms with Crippen molar-refractivity contribution in [1.82, 2.24) is 14.9 Å². The second-order valence-corrected chi connectivity index (χ2v) is 9.28. The van der Waals surface area contributed by atoms with Crippen molar-refractivity contribution in [3.05, 3.63) is 52.7 Å². The standard InChI is InChI=1S/C25H31ClN6O/c1-31-13-4-7-18(31)16-33-25-29-21-15-32(14-10-19(21)24(30-25)28-12-11-27)22-9-3-6-17-5-2-8-20(26)23(17)22/h2-3,5-6,8-9,18H,4,7,10-16,27H2,1H3,(H,28,29,30)/t18-/m0/s1. The van der Waals surface area contributed by atoms with E-state index < -0.39 is 0 Å². The predicted molar refractivity (Wildman–Crippen MR) is 134 cm³/mol. The summed E-state index contributed by atoms with van der Waals surface area (Å²) < 4.78 is 6.10. The van der Waals surface area contributed by atoms with Gasteiger partial charge < -0.3 is 25.6 Å². The molecule has 5 rings (SSSR count). The van der Waals surface area contributed by atoms with E-state index in [1.165, 1.54) is 6.42 Å². The predicted octanol–water partition coefficient (Wildman–Crippen LogP) is 3.69. The Bertz CT molecular complexity index is 1130. The number of likely N-dealkylation sites (N-methyl/N-ethyl adjacent to an activating group) is 1. The van der Waals surface area contributed by atoms with Crippen molar-refractivity contribution in [2.75, 3.05) is 50.1 Å². The van der Waals surface area contributed by atoms with Crippen molar-refractivity contribution in [1.29, 1.82) is 0 Å². The summed E-state index contributed by atoms with van der Waals surface area (Å²) >= 11 is 6.61. The second kappa shape index (κ2) is 9.71. The van der Waals surface area contributed by atoms with Gasteiger partial charge in [-0.15, -0.1) is 0 Å². The van der Waals surface area contributed by atoms with Crippen molar-refractivity contribution < 1.29 is 4.74 Å². The molecule has 1 fully saturated rings. The number of nitrogens with zero attached hydrogens (tertiary/aromatic N) is 4. The average Bonchev–Trinajstić information content (AvgIpc) is 3.25. The molecule has 33 heavy (non-hydrogen) atoms. The average molecular weight is 467 g/mol. The Morgan fingerprint density at radius 3 is 2.82 bits per heavy atom. The van der Waals surface area contributed by atoms with E-state index in [-0.39, 0.29) is 0 Å². The van der Waals surface area contributed by atoms with E-state index in [1.54, 1.807) is 0 Å². The molecule has 0 unspecified atom stereocenters. The Balaban J connectivity index is 1.44. The lowest BCUT2D eigenvalue weighted by atomic mass is 10.0. The van der Waals surface area contributed by atoms with Gasteiger partial charge in [0, 0.05) is 42.3 Å². The number of aromatic nitrogens is 2. The minimum absolute atomic E-state index is 0.416. The molecule has 3 N–H and O–H groups in total. The zero-order valence-corrected chi connectivity index (χ0v) is 19.8. The minimum atomic E-state index is 0.416. The molecule has 3 heterocycles. The Kier molecular flexibility index (Phi) is 6.53. The highest BCUT2D eigenvalue weighted by Crippen LogP contribution is 2.36. The maximum absolute atomic E-state index is 6.61. The SMILES string of the molecule is CN1CCC[C@H]1COc1nc2c(c(NCCN)n1)CCN(c1cccc3cccc(Cl)c13)C2. The lowest BCUT2D eigenvalue weighted by Crippen LogP contribution is -2.33. The summed E-state index contributed by atoms with van der Waals surface area (Å²) in [5, 5.41) is 6.38. The zero-order chi connectivity index (χ0) is 22.8. The molecular weight excluding hydrogens is 436 g/mol. The summed E-state index contributed by atoms with van der Waals surface area (Å²) in [5.74, 6) is 0.843. The summed E-state index contributed by atoms with van der Waals surface area (Å²) in [6.45, 7) is 4.48. The number of benzene rings is 2. The summed E-state index contributed by atoms with van der Waals surface area (Å²) in [7, 11) is 2.15. The molecule has 1 atom stereocenters. The topological polar surface area (TPSA) is 79.5 Å². The third-order valence-electron chi connectivity index (χ3n) is 6.73. The van der Waals surface area contributed by atoms with Crippen LogP contribution in [0.15, 0.2) is 36.4 Å². The summed E-state index contributed by atoms with van der Waals surface area (Å²) in [5.41, 5.74) is 9.03. The van der Waals surface area contributed by atoms with Crippen molar-refractivity contribution >= 4 is 33.9 Å². The molecule has 0 bridgehead atoms. The molecule has 3 aromatic rings. The van der Waals surface area contributed by atoms with Crippen LogP contribution in [0, 0.1) is 0 Å². The van der Waals surface area contributed by atoms with E-state index >= 15 is 0 Å². The smallest absolute Gasteiger partial charge is 0.318 e. The number of halogens is 1. The van der Waals surface area contributed by atoms with Crippen LogP contribution in [0.5, 0.6) is 6.01 Å². The van der Waals surface area contributed by atoms with Crippen molar-refractivity contribution in [3.8, 4) is 6.01 Å². The van der Waals surface area contributed by atoms with Crippen LogP contribution in [0.4, 0.5) is 11.5 Å². The van der Waals surface area contributed by atoms with Crippen LogP contribution in [0.3, 0.4) is 0 Å². The maximum Gasteiger partial charge on any atom is 0.318 e. The summed E-state index contributed by atoms with van der Waals surface area (Å²) in [6.07, 6.45) is 3.20. The highest BCUT2D eigenvalue weighted by Gasteiger charge is 2.26. The fourth-order valence-electron chi connectivity index (χ4n) is 4.92. The molecule has 2 aromatic carbocycles. The van der Waals surface area contributed by atoms with Gasteiger partial charge in [-0.3, -0.25) is 0 Å². The fourth-order valence-corrected chi connectivity index (χ4v) is 5.19. The Labute approximate surface area is 199 Å². The molecule has 0 amide bonds. The molecule has 1 saturated heterocycles. The molecule has 7 nitrogen and oxygen atoms in total. The lowest BCUT2D eigenvalue weighted by Gasteiger charge is -2.32. The van der Waals surface area contributed by atoms with Gasteiger partial charge in [0.05, 0.1) is 17.3 Å². The van der Waals surface area contributed by atoms with Crippen molar-refractivity contribution in [2.24, 2.45) is 5.73 Å². The molecule has 0 saturated carbocycles. The number of hydrogen-bond acceptors (Lipinski definition) is 7. The molecular formula is C25H31ClN6O. The molecule has 1 aromatic heterocycles. The van der Waals surface area contributed by atoms with Crippen LogP contribution >= 0.6 is 11.6 Å². The molecule has 2 aliphatic heterocycles. The van der Waals surface area contributed by atoms with Gasteiger partial charge in [-0.2, -0.15) is 9.97 Å². The normalized spacial score (nSPS) is 18.5. The minimum Gasteiger partial charge on any atom is -0.462 e. The lowest BCUT2D eigenvalue weighted by molar-refractivity contribution is 0.187. The van der Waals surface area contributed by atoms with Crippen LogP contribution in [0.2, 0.25) is 5.02 Å². The monoisotopic (exact) mass is 466 g/mol. The number of likely N-dealkylation sites (tertiary alicyclic amines) is 1. The van der Waals surface area contributed by atoms with Gasteiger partial charge in [-0.25, -0.2) is 0 Å². The van der Waals surface area contributed by atoms with Gasteiger partial charge in [0.15, 0.2) is 0 Å². The molecule has 8 heteroatoms. The first-order valence-electron chi connectivity index (χ1n) is 11.7. The van der Waals surface area contributed by atoms with Gasteiger partial charge in [-0.05, 0) is 50.4 Å². The fraction of sp³-hybridized carbons (Fsp3) is 0.440. The van der Waals surface area contributed by atoms with Gasteiger partial charge in [0.1, 0.15) is 12.4 Å². The number of anilines is 2. The maximum atomic E-state index is 6.61. The van der Waals surface area contributed by atoms with E-state index in [9.17, 15) is 0 Å². The number of rotatable bonds is 7. The van der Waals surface area contributed by atoms with E-state index in [2.05, 4.69) is 46.4 Å². The summed E-state index contributed by atoms with van der Waals surface area (Å²) in [6, 6.07) is 13.2. The third-order valence-corrected chi connectivity index (χ3v) is 7.05. The van der Waals surface area contributed by atoms with Crippen molar-refractivity contribution in [3.63, 3.8) is 0 Å². The Hall–Kier alpha value is -2.61. The molecule has 174 valence electrons. The number of hydrogen-bond donors (Lipinski definition) is 2. The van der Waals surface area contributed by atoms with E-state index in [1.807, 2.05) is 12.1 Å². The van der Waals surface area contributed by atoms with Gasteiger partial charge in [0.25, 0.3) is 0 Å². The first-order chi connectivity index (χ1) is 16.1. The first-order valence-corrected chi connectivity index (χ1v) is 12.1. The van der Waals surface area contributed by atoms with Crippen LogP contribution < -0.4 is 20.7 Å². The molecule has 0 radical (unpaired) electrons. The van der Waals surface area contributed by atoms with Crippen LogP contribution in [0.1, 0.15) is 24.1 Å². The quantitative estimate of drug-likeness (QED) is 0.549. The van der Waals surface area contributed by atoms with Crippen LogP contribution in [0.25, 0.3) is 10.8 Å². The number of nitrogens with one attached hydrogen (secondary N) is 1. The first kappa shape index (κ1) is 22.2. The van der Waals surface area contributed by atoms with E-state index in [0.29, 0.717) is 38.3 Å². The second-order valence-electron chi connectivity index (χ2n) is 8.87. The van der Waals surface area contributed by atoms with Gasteiger partial charge in [0.2, 0.25) is 0 Å². The molecule has 0 aliphatic carbocycles. The third kappa shape index (κ3) is 4.58. The van der Waals surface area contributed by atoms with Crippen LogP contribution in [-0.4, -0.2) is 60.7 Å². The zero-order valence-electron chi connectivity index (χ0n) is 19.1. The number of ether oxygens (including phenoxy) is 1. The van der Waals surface area contributed by atoms with E-state index in [0.717, 1.165) is 64.5 Å². The van der Waals surface area contributed by atoms with E-state index in [4.69, 9.17) is 32.0 Å². The van der Waals surface area contributed by atoms with Crippen molar-refractivity contribution in [2.45, 2.75) is 31.8 Å². The summed E-state index contributed by atoms with van der Waals surface area (Å²) in [4.78, 5) is 14.3. The van der Waals surface area contributed by atoms with Gasteiger partial charge >= 0.3 is 6.01 Å². The highest BCUT2D eigenvalue weighted by molar-refractivity contribution is 6.36. The van der Waals surface area contributed by atoms with Gasteiger partial charge in [-0.1, -0.05) is 35.9 Å². The Morgan fingerprint density at radius 2 is 2.03 bits per heavy atom. The largest absolute Gasteiger partial charge is 0.462 e.